The highest BCUT2D eigenvalue weighted by Crippen LogP contribution is 2.31. The topological polar surface area (TPSA) is 69.3 Å². The van der Waals surface area contributed by atoms with Gasteiger partial charge in [0.15, 0.2) is 0 Å². The lowest BCUT2D eigenvalue weighted by atomic mass is 10.0. The third-order valence-corrected chi connectivity index (χ3v) is 5.81. The molecule has 2 amide bonds. The Kier molecular flexibility index (Phi) is 5.41. The summed E-state index contributed by atoms with van der Waals surface area (Å²) in [6.45, 7) is 2.11. The molecule has 4 rings (SSSR count). The van der Waals surface area contributed by atoms with Crippen LogP contribution in [0.25, 0.3) is 11.0 Å². The Bertz CT molecular complexity index is 782. The summed E-state index contributed by atoms with van der Waals surface area (Å²) in [5.74, 6) is 1.22. The van der Waals surface area contributed by atoms with Gasteiger partial charge < -0.3 is 14.8 Å². The summed E-state index contributed by atoms with van der Waals surface area (Å²) in [6, 6.07) is 8.00. The third kappa shape index (κ3) is 3.99. The number of amides is 2. The van der Waals surface area contributed by atoms with Crippen molar-refractivity contribution in [1.82, 2.24) is 19.8 Å². The first-order valence-electron chi connectivity index (χ1n) is 10.2. The standard InChI is InChI=1S/C21H28N4O2/c26-19-11-2-1-6-13-24(19)15-12-20(27)25-14-7-5-10-18(25)21-22-16-8-3-4-9-17(16)23-21/h3-4,8-9,18H,1-2,5-7,10-15H2,(H,22,23)/t18-/m0/s1. The summed E-state index contributed by atoms with van der Waals surface area (Å²) in [6.07, 6.45) is 7.24. The van der Waals surface area contributed by atoms with Crippen molar-refractivity contribution in [3.8, 4) is 0 Å². The Morgan fingerprint density at radius 3 is 2.85 bits per heavy atom. The molecule has 0 bridgehead atoms. The Labute approximate surface area is 159 Å². The molecule has 2 aliphatic heterocycles. The van der Waals surface area contributed by atoms with Crippen molar-refractivity contribution in [2.45, 2.75) is 57.4 Å². The van der Waals surface area contributed by atoms with Gasteiger partial charge in [0.05, 0.1) is 17.1 Å². The van der Waals surface area contributed by atoms with Gasteiger partial charge in [-0.25, -0.2) is 4.98 Å². The number of H-pyrrole nitrogens is 1. The highest BCUT2D eigenvalue weighted by Gasteiger charge is 2.30. The number of nitrogens with zero attached hydrogens (tertiary/aromatic N) is 3. The summed E-state index contributed by atoms with van der Waals surface area (Å²) < 4.78 is 0. The molecular weight excluding hydrogens is 340 g/mol. The van der Waals surface area contributed by atoms with Gasteiger partial charge in [0.25, 0.3) is 0 Å². The number of carbonyl (C=O) groups excluding carboxylic acids is 2. The van der Waals surface area contributed by atoms with E-state index < -0.39 is 0 Å². The van der Waals surface area contributed by atoms with Crippen LogP contribution in [0.15, 0.2) is 24.3 Å². The van der Waals surface area contributed by atoms with Gasteiger partial charge in [-0.05, 0) is 44.2 Å². The van der Waals surface area contributed by atoms with E-state index >= 15 is 0 Å². The third-order valence-electron chi connectivity index (χ3n) is 5.81. The molecule has 27 heavy (non-hydrogen) atoms. The second kappa shape index (κ2) is 8.11. The van der Waals surface area contributed by atoms with Crippen molar-refractivity contribution < 1.29 is 9.59 Å². The smallest absolute Gasteiger partial charge is 0.224 e. The van der Waals surface area contributed by atoms with Crippen molar-refractivity contribution >= 4 is 22.8 Å². The minimum absolute atomic E-state index is 0.0125. The van der Waals surface area contributed by atoms with Crippen molar-refractivity contribution in [2.24, 2.45) is 0 Å². The van der Waals surface area contributed by atoms with Gasteiger partial charge in [-0.3, -0.25) is 9.59 Å². The molecule has 1 atom stereocenters. The van der Waals surface area contributed by atoms with Crippen LogP contribution in [0.3, 0.4) is 0 Å². The summed E-state index contributed by atoms with van der Waals surface area (Å²) in [7, 11) is 0. The van der Waals surface area contributed by atoms with Gasteiger partial charge >= 0.3 is 0 Å². The van der Waals surface area contributed by atoms with Crippen molar-refractivity contribution in [2.75, 3.05) is 19.6 Å². The Balaban J connectivity index is 1.45. The number of hydrogen-bond donors (Lipinski definition) is 1. The summed E-state index contributed by atoms with van der Waals surface area (Å²) in [4.78, 5) is 37.1. The molecule has 2 fully saturated rings. The van der Waals surface area contributed by atoms with Crippen LogP contribution in [0.2, 0.25) is 0 Å². The lowest BCUT2D eigenvalue weighted by molar-refractivity contribution is -0.137. The zero-order chi connectivity index (χ0) is 18.6. The SMILES string of the molecule is O=C1CCCCCN1CCC(=O)N1CCCC[C@H]1c1nc2ccccc2[nH]1. The molecule has 0 saturated carbocycles. The van der Waals surface area contributed by atoms with Crippen LogP contribution >= 0.6 is 0 Å². The number of aromatic amines is 1. The maximum atomic E-state index is 13.0. The number of rotatable bonds is 4. The molecular formula is C21H28N4O2. The molecule has 1 aromatic carbocycles. The van der Waals surface area contributed by atoms with Gasteiger partial charge in [0, 0.05) is 32.5 Å². The van der Waals surface area contributed by atoms with Crippen LogP contribution in [-0.4, -0.2) is 51.2 Å². The Morgan fingerprint density at radius 2 is 1.96 bits per heavy atom. The van der Waals surface area contributed by atoms with Crippen LogP contribution in [0.4, 0.5) is 0 Å². The minimum atomic E-state index is 0.0125. The lowest BCUT2D eigenvalue weighted by Crippen LogP contribution is -2.41. The van der Waals surface area contributed by atoms with E-state index in [1.807, 2.05) is 34.1 Å². The highest BCUT2D eigenvalue weighted by molar-refractivity contribution is 5.80. The van der Waals surface area contributed by atoms with E-state index in [9.17, 15) is 9.59 Å². The van der Waals surface area contributed by atoms with E-state index in [0.717, 1.165) is 68.5 Å². The molecule has 6 nitrogen and oxygen atoms in total. The molecule has 0 aliphatic carbocycles. The quantitative estimate of drug-likeness (QED) is 0.899. The number of imidazole rings is 1. The van der Waals surface area contributed by atoms with Crippen LogP contribution in [0, 0.1) is 0 Å². The molecule has 1 N–H and O–H groups in total. The van der Waals surface area contributed by atoms with Gasteiger partial charge in [-0.1, -0.05) is 18.6 Å². The summed E-state index contributed by atoms with van der Waals surface area (Å²) >= 11 is 0. The number of benzene rings is 1. The van der Waals surface area contributed by atoms with Gasteiger partial charge in [0.1, 0.15) is 5.82 Å². The Hall–Kier alpha value is -2.37. The van der Waals surface area contributed by atoms with Crippen LogP contribution < -0.4 is 0 Å². The number of aromatic nitrogens is 2. The monoisotopic (exact) mass is 368 g/mol. The first-order valence-corrected chi connectivity index (χ1v) is 10.2. The van der Waals surface area contributed by atoms with Crippen LogP contribution in [0.5, 0.6) is 0 Å². The maximum Gasteiger partial charge on any atom is 0.224 e. The van der Waals surface area contributed by atoms with Crippen molar-refractivity contribution in [3.05, 3.63) is 30.1 Å². The second-order valence-corrected chi connectivity index (χ2v) is 7.68. The van der Waals surface area contributed by atoms with E-state index in [1.165, 1.54) is 0 Å². The van der Waals surface area contributed by atoms with Crippen LogP contribution in [0.1, 0.15) is 63.2 Å². The number of nitrogens with one attached hydrogen (secondary N) is 1. The van der Waals surface area contributed by atoms with E-state index in [4.69, 9.17) is 4.98 Å². The highest BCUT2D eigenvalue weighted by atomic mass is 16.2. The van der Waals surface area contributed by atoms with Gasteiger partial charge in [-0.2, -0.15) is 0 Å². The molecule has 0 radical (unpaired) electrons. The molecule has 0 spiro atoms. The number of para-hydroxylation sites is 2. The fourth-order valence-electron chi connectivity index (χ4n) is 4.29. The summed E-state index contributed by atoms with van der Waals surface area (Å²) in [5, 5.41) is 0. The normalized spacial score (nSPS) is 21.5. The molecule has 2 saturated heterocycles. The number of piperidine rings is 1. The Morgan fingerprint density at radius 1 is 1.11 bits per heavy atom. The minimum Gasteiger partial charge on any atom is -0.342 e. The first-order chi connectivity index (χ1) is 13.2. The average Bonchev–Trinajstić information content (AvgIpc) is 3.03. The van der Waals surface area contributed by atoms with E-state index in [2.05, 4.69) is 4.98 Å². The van der Waals surface area contributed by atoms with Gasteiger partial charge in [0.2, 0.25) is 11.8 Å². The van der Waals surface area contributed by atoms with Crippen LogP contribution in [-0.2, 0) is 9.59 Å². The number of fused-ring (bicyclic) bond motifs is 1. The molecule has 6 heteroatoms. The van der Waals surface area contributed by atoms with E-state index in [-0.39, 0.29) is 17.9 Å². The van der Waals surface area contributed by atoms with Crippen molar-refractivity contribution in [3.63, 3.8) is 0 Å². The maximum absolute atomic E-state index is 13.0. The molecule has 2 aliphatic rings. The zero-order valence-corrected chi connectivity index (χ0v) is 15.8. The molecule has 3 heterocycles. The molecule has 144 valence electrons. The van der Waals surface area contributed by atoms with E-state index in [0.29, 0.717) is 19.4 Å². The number of hydrogen-bond acceptors (Lipinski definition) is 3. The zero-order valence-electron chi connectivity index (χ0n) is 15.8. The number of likely N-dealkylation sites (tertiary alicyclic amines) is 2. The average molecular weight is 368 g/mol. The predicted molar refractivity (Wildman–Crippen MR) is 104 cm³/mol. The summed E-state index contributed by atoms with van der Waals surface area (Å²) in [5.41, 5.74) is 1.96. The predicted octanol–water partition coefficient (Wildman–Crippen LogP) is 3.41. The molecule has 2 aromatic rings. The molecule has 1 aromatic heterocycles. The fourth-order valence-corrected chi connectivity index (χ4v) is 4.29. The second-order valence-electron chi connectivity index (χ2n) is 7.68. The first kappa shape index (κ1) is 18.0. The van der Waals surface area contributed by atoms with Crippen molar-refractivity contribution in [1.29, 1.82) is 0 Å². The number of carbonyl (C=O) groups is 2. The molecule has 0 unspecified atom stereocenters. The van der Waals surface area contributed by atoms with E-state index in [1.54, 1.807) is 0 Å². The van der Waals surface area contributed by atoms with Gasteiger partial charge in [-0.15, -0.1) is 0 Å². The lowest BCUT2D eigenvalue weighted by Gasteiger charge is -2.35. The largest absolute Gasteiger partial charge is 0.342 e. The fraction of sp³-hybridized carbons (Fsp3) is 0.571.